The average molecular weight is 199 g/mol. The van der Waals surface area contributed by atoms with E-state index in [1.807, 2.05) is 13.8 Å². The number of amides is 1. The van der Waals surface area contributed by atoms with Crippen molar-refractivity contribution in [3.8, 4) is 0 Å². The standard InChI is InChI=1S/C7H13N5O2/c1-4(2)3-5(13)11-12-6(8)9-10-7(12)14/h4H,3H2,1-2H3,(H2,8,9)(H,10,14)(H,11,13). The minimum atomic E-state index is -0.556. The Bertz CT molecular complexity index is 378. The highest BCUT2D eigenvalue weighted by atomic mass is 16.2. The zero-order chi connectivity index (χ0) is 10.7. The highest BCUT2D eigenvalue weighted by molar-refractivity contribution is 5.84. The van der Waals surface area contributed by atoms with Crippen LogP contribution in [0.3, 0.4) is 0 Å². The molecule has 1 aromatic heterocycles. The fraction of sp³-hybridized carbons (Fsp3) is 0.571. The van der Waals surface area contributed by atoms with Gasteiger partial charge in [0.15, 0.2) is 0 Å². The fourth-order valence-corrected chi connectivity index (χ4v) is 0.958. The molecular formula is C7H13N5O2. The maximum atomic E-state index is 11.3. The van der Waals surface area contributed by atoms with Crippen molar-refractivity contribution in [3.63, 3.8) is 0 Å². The Labute approximate surface area is 80.3 Å². The van der Waals surface area contributed by atoms with Crippen LogP contribution in [0.2, 0.25) is 0 Å². The lowest BCUT2D eigenvalue weighted by molar-refractivity contribution is -0.117. The van der Waals surface area contributed by atoms with Crippen LogP contribution in [0.4, 0.5) is 5.95 Å². The molecule has 0 aliphatic carbocycles. The Kier molecular flexibility index (Phi) is 2.90. The number of hydrogen-bond donors (Lipinski definition) is 3. The number of carbonyl (C=O) groups excluding carboxylic acids is 1. The molecule has 0 bridgehead atoms. The van der Waals surface area contributed by atoms with Gasteiger partial charge in [-0.05, 0) is 5.92 Å². The zero-order valence-electron chi connectivity index (χ0n) is 8.07. The second-order valence-electron chi connectivity index (χ2n) is 3.36. The summed E-state index contributed by atoms with van der Waals surface area (Å²) in [7, 11) is 0. The molecule has 0 saturated carbocycles. The molecule has 0 aliphatic rings. The number of aromatic nitrogens is 3. The molecule has 1 heterocycles. The lowest BCUT2D eigenvalue weighted by Crippen LogP contribution is -2.32. The number of hydrogen-bond acceptors (Lipinski definition) is 4. The minimum Gasteiger partial charge on any atom is -0.366 e. The van der Waals surface area contributed by atoms with Gasteiger partial charge in [0, 0.05) is 6.42 Å². The second kappa shape index (κ2) is 3.95. The van der Waals surface area contributed by atoms with E-state index in [1.165, 1.54) is 0 Å². The molecule has 0 saturated heterocycles. The highest BCUT2D eigenvalue weighted by Crippen LogP contribution is 1.99. The van der Waals surface area contributed by atoms with Gasteiger partial charge in [-0.3, -0.25) is 10.2 Å². The molecule has 1 amide bonds. The molecule has 7 nitrogen and oxygen atoms in total. The molecule has 1 aromatic rings. The summed E-state index contributed by atoms with van der Waals surface area (Å²) < 4.78 is 0.880. The summed E-state index contributed by atoms with van der Waals surface area (Å²) >= 11 is 0. The second-order valence-corrected chi connectivity index (χ2v) is 3.36. The van der Waals surface area contributed by atoms with E-state index in [0.717, 1.165) is 4.68 Å². The van der Waals surface area contributed by atoms with Gasteiger partial charge in [0.1, 0.15) is 0 Å². The molecular weight excluding hydrogens is 186 g/mol. The molecule has 14 heavy (non-hydrogen) atoms. The normalized spacial score (nSPS) is 10.5. The summed E-state index contributed by atoms with van der Waals surface area (Å²) in [6.45, 7) is 3.81. The molecule has 0 spiro atoms. The Morgan fingerprint density at radius 2 is 2.36 bits per heavy atom. The van der Waals surface area contributed by atoms with Crippen LogP contribution in [0.15, 0.2) is 4.79 Å². The minimum absolute atomic E-state index is 0.0629. The number of H-pyrrole nitrogens is 1. The summed E-state index contributed by atoms with van der Waals surface area (Å²) in [6, 6.07) is 0. The first-order valence-electron chi connectivity index (χ1n) is 4.23. The van der Waals surface area contributed by atoms with Gasteiger partial charge in [-0.1, -0.05) is 13.8 Å². The predicted molar refractivity (Wildman–Crippen MR) is 51.1 cm³/mol. The molecule has 0 aromatic carbocycles. The maximum absolute atomic E-state index is 11.3. The summed E-state index contributed by atoms with van der Waals surface area (Å²) in [6.07, 6.45) is 0.330. The van der Waals surface area contributed by atoms with Gasteiger partial charge in [-0.25, -0.2) is 9.89 Å². The average Bonchev–Trinajstić information content (AvgIpc) is 2.34. The Morgan fingerprint density at radius 3 is 2.79 bits per heavy atom. The van der Waals surface area contributed by atoms with Gasteiger partial charge in [0.25, 0.3) is 0 Å². The van der Waals surface area contributed by atoms with Crippen LogP contribution in [0.25, 0.3) is 0 Å². The Hall–Kier alpha value is -1.79. The number of nitrogen functional groups attached to an aromatic ring is 1. The van der Waals surface area contributed by atoms with E-state index in [2.05, 4.69) is 15.6 Å². The molecule has 1 rings (SSSR count). The maximum Gasteiger partial charge on any atom is 0.364 e. The molecule has 0 fully saturated rings. The Morgan fingerprint density at radius 1 is 1.71 bits per heavy atom. The van der Waals surface area contributed by atoms with E-state index < -0.39 is 5.69 Å². The van der Waals surface area contributed by atoms with Crippen molar-refractivity contribution in [1.29, 1.82) is 0 Å². The largest absolute Gasteiger partial charge is 0.366 e. The van der Waals surface area contributed by atoms with Crippen molar-refractivity contribution in [2.75, 3.05) is 11.2 Å². The van der Waals surface area contributed by atoms with E-state index in [9.17, 15) is 9.59 Å². The van der Waals surface area contributed by atoms with E-state index in [0.29, 0.717) is 6.42 Å². The molecule has 0 atom stereocenters. The van der Waals surface area contributed by atoms with Gasteiger partial charge < -0.3 is 5.73 Å². The van der Waals surface area contributed by atoms with E-state index in [-0.39, 0.29) is 17.8 Å². The van der Waals surface area contributed by atoms with Crippen LogP contribution in [0, 0.1) is 5.92 Å². The van der Waals surface area contributed by atoms with E-state index in [4.69, 9.17) is 5.73 Å². The summed E-state index contributed by atoms with van der Waals surface area (Å²) in [5, 5.41) is 5.55. The number of carbonyl (C=O) groups is 1. The van der Waals surface area contributed by atoms with E-state index >= 15 is 0 Å². The Balaban J connectivity index is 2.69. The van der Waals surface area contributed by atoms with Crippen molar-refractivity contribution in [1.82, 2.24) is 14.9 Å². The number of aromatic amines is 1. The fourth-order valence-electron chi connectivity index (χ4n) is 0.958. The number of nitrogens with two attached hydrogens (primary N) is 1. The number of anilines is 1. The first-order valence-corrected chi connectivity index (χ1v) is 4.23. The van der Waals surface area contributed by atoms with Crippen LogP contribution in [0.5, 0.6) is 0 Å². The lowest BCUT2D eigenvalue weighted by atomic mass is 10.1. The third-order valence-electron chi connectivity index (χ3n) is 1.53. The first kappa shape index (κ1) is 10.3. The molecule has 0 unspecified atom stereocenters. The van der Waals surface area contributed by atoms with Crippen LogP contribution in [-0.2, 0) is 4.79 Å². The molecule has 4 N–H and O–H groups in total. The van der Waals surface area contributed by atoms with Crippen LogP contribution in [-0.4, -0.2) is 20.8 Å². The quantitative estimate of drug-likeness (QED) is 0.596. The van der Waals surface area contributed by atoms with Gasteiger partial charge in [0.05, 0.1) is 0 Å². The highest BCUT2D eigenvalue weighted by Gasteiger charge is 2.09. The number of rotatable bonds is 3. The van der Waals surface area contributed by atoms with Crippen molar-refractivity contribution >= 4 is 11.9 Å². The van der Waals surface area contributed by atoms with Crippen molar-refractivity contribution in [3.05, 3.63) is 10.5 Å². The SMILES string of the molecule is CC(C)CC(=O)Nn1c(N)n[nH]c1=O. The van der Waals surface area contributed by atoms with Crippen LogP contribution >= 0.6 is 0 Å². The van der Waals surface area contributed by atoms with Gasteiger partial charge in [-0.15, -0.1) is 5.10 Å². The van der Waals surface area contributed by atoms with Crippen LogP contribution in [0.1, 0.15) is 20.3 Å². The van der Waals surface area contributed by atoms with Gasteiger partial charge in [0.2, 0.25) is 11.9 Å². The monoisotopic (exact) mass is 199 g/mol. The first-order chi connectivity index (χ1) is 6.50. The summed E-state index contributed by atoms with van der Waals surface area (Å²) in [5.41, 5.74) is 7.11. The summed E-state index contributed by atoms with van der Waals surface area (Å²) in [4.78, 5) is 22.3. The van der Waals surface area contributed by atoms with E-state index in [1.54, 1.807) is 0 Å². The predicted octanol–water partition coefficient (Wildman–Crippen LogP) is -0.730. The van der Waals surface area contributed by atoms with Crippen molar-refractivity contribution in [2.45, 2.75) is 20.3 Å². The molecule has 0 radical (unpaired) electrons. The van der Waals surface area contributed by atoms with Crippen molar-refractivity contribution in [2.24, 2.45) is 5.92 Å². The third-order valence-corrected chi connectivity index (χ3v) is 1.53. The zero-order valence-corrected chi connectivity index (χ0v) is 8.07. The lowest BCUT2D eigenvalue weighted by Gasteiger charge is -2.06. The number of nitrogens with zero attached hydrogens (tertiary/aromatic N) is 2. The third kappa shape index (κ3) is 2.35. The molecule has 78 valence electrons. The molecule has 7 heteroatoms. The van der Waals surface area contributed by atoms with Gasteiger partial charge in [-0.2, -0.15) is 4.68 Å². The van der Waals surface area contributed by atoms with Crippen molar-refractivity contribution < 1.29 is 4.79 Å². The smallest absolute Gasteiger partial charge is 0.364 e. The van der Waals surface area contributed by atoms with Gasteiger partial charge >= 0.3 is 5.69 Å². The molecule has 0 aliphatic heterocycles. The van der Waals surface area contributed by atoms with Crippen LogP contribution < -0.4 is 16.8 Å². The number of nitrogens with one attached hydrogen (secondary N) is 2. The topological polar surface area (TPSA) is 106 Å². The summed E-state index contributed by atoms with van der Waals surface area (Å²) in [5.74, 6) is -0.110.